The second-order valence-electron chi connectivity index (χ2n) is 4.25. The van der Waals surface area contributed by atoms with Crippen LogP contribution in [0, 0.1) is 12.8 Å². The Labute approximate surface area is 97.6 Å². The third-order valence-electron chi connectivity index (χ3n) is 2.17. The van der Waals surface area contributed by atoms with E-state index in [4.69, 9.17) is 0 Å². The minimum absolute atomic E-state index is 0.585. The van der Waals surface area contributed by atoms with E-state index in [1.165, 1.54) is 5.56 Å². The number of nitrogens with zero attached hydrogens (tertiary/aromatic N) is 3. The van der Waals surface area contributed by atoms with Crippen molar-refractivity contribution in [2.75, 3.05) is 0 Å². The van der Waals surface area contributed by atoms with Gasteiger partial charge in [0.25, 0.3) is 0 Å². The Bertz CT molecular complexity index is 488. The Balaban J connectivity index is 2.50. The van der Waals surface area contributed by atoms with E-state index in [9.17, 15) is 0 Å². The van der Waals surface area contributed by atoms with Gasteiger partial charge in [-0.25, -0.2) is 9.50 Å². The van der Waals surface area contributed by atoms with E-state index in [-0.39, 0.29) is 0 Å². The number of fused-ring (bicyclic) bond motifs is 1. The summed E-state index contributed by atoms with van der Waals surface area (Å²) in [4.78, 5) is 4.50. The first-order valence-corrected chi connectivity index (χ1v) is 5.87. The molecule has 2 heterocycles. The molecular weight excluding hydrogens is 254 g/mol. The molecule has 0 unspecified atom stereocenters. The van der Waals surface area contributed by atoms with Crippen molar-refractivity contribution in [1.82, 2.24) is 14.6 Å². The molecular formula is C11H14BrN3. The Hall–Kier alpha value is -0.900. The lowest BCUT2D eigenvalue weighted by Gasteiger charge is -1.97. The first kappa shape index (κ1) is 10.6. The molecule has 15 heavy (non-hydrogen) atoms. The van der Waals surface area contributed by atoms with Crippen molar-refractivity contribution >= 4 is 21.6 Å². The average molecular weight is 268 g/mol. The van der Waals surface area contributed by atoms with Crippen molar-refractivity contribution in [3.05, 3.63) is 28.1 Å². The van der Waals surface area contributed by atoms with Crippen LogP contribution < -0.4 is 0 Å². The molecule has 0 bridgehead atoms. The lowest BCUT2D eigenvalue weighted by Crippen LogP contribution is -1.97. The highest BCUT2D eigenvalue weighted by atomic mass is 79.9. The molecule has 0 atom stereocenters. The molecule has 0 aromatic carbocycles. The number of hydrogen-bond donors (Lipinski definition) is 0. The normalized spacial score (nSPS) is 11.5. The van der Waals surface area contributed by atoms with E-state index < -0.39 is 0 Å². The molecule has 0 spiro atoms. The van der Waals surface area contributed by atoms with Gasteiger partial charge in [-0.1, -0.05) is 13.8 Å². The SMILES string of the molecule is Cc1cc(Br)n2nc(CC(C)C)nc2c1. The molecule has 80 valence electrons. The topological polar surface area (TPSA) is 30.2 Å². The highest BCUT2D eigenvalue weighted by Gasteiger charge is 2.08. The number of hydrogen-bond acceptors (Lipinski definition) is 2. The van der Waals surface area contributed by atoms with Crippen molar-refractivity contribution in [3.8, 4) is 0 Å². The summed E-state index contributed by atoms with van der Waals surface area (Å²) in [7, 11) is 0. The van der Waals surface area contributed by atoms with E-state index in [1.807, 2.05) is 16.6 Å². The number of halogens is 1. The van der Waals surface area contributed by atoms with Gasteiger partial charge in [0.15, 0.2) is 11.5 Å². The first-order chi connectivity index (χ1) is 7.06. The highest BCUT2D eigenvalue weighted by molar-refractivity contribution is 9.10. The van der Waals surface area contributed by atoms with Gasteiger partial charge < -0.3 is 0 Å². The zero-order valence-electron chi connectivity index (χ0n) is 9.16. The Morgan fingerprint density at radius 1 is 1.40 bits per heavy atom. The molecule has 0 saturated heterocycles. The second kappa shape index (κ2) is 3.93. The molecule has 0 radical (unpaired) electrons. The summed E-state index contributed by atoms with van der Waals surface area (Å²) in [6, 6.07) is 4.09. The van der Waals surface area contributed by atoms with E-state index in [1.54, 1.807) is 0 Å². The fourth-order valence-electron chi connectivity index (χ4n) is 1.57. The molecule has 0 amide bonds. The molecule has 3 nitrogen and oxygen atoms in total. The summed E-state index contributed by atoms with van der Waals surface area (Å²) in [6.45, 7) is 6.40. The van der Waals surface area contributed by atoms with Crippen molar-refractivity contribution in [3.63, 3.8) is 0 Å². The van der Waals surface area contributed by atoms with Gasteiger partial charge in [-0.05, 0) is 46.5 Å². The molecule has 0 aliphatic rings. The quantitative estimate of drug-likeness (QED) is 0.784. The van der Waals surface area contributed by atoms with Gasteiger partial charge in [-0.15, -0.1) is 0 Å². The molecule has 0 aliphatic heterocycles. The summed E-state index contributed by atoms with van der Waals surface area (Å²) in [5.74, 6) is 1.50. The molecule has 0 fully saturated rings. The van der Waals surface area contributed by atoms with E-state index in [2.05, 4.69) is 46.8 Å². The Morgan fingerprint density at radius 3 is 2.80 bits per heavy atom. The molecule has 0 saturated carbocycles. The van der Waals surface area contributed by atoms with Crippen LogP contribution in [0.3, 0.4) is 0 Å². The lowest BCUT2D eigenvalue weighted by atomic mass is 10.1. The van der Waals surface area contributed by atoms with Crippen molar-refractivity contribution in [2.24, 2.45) is 5.92 Å². The van der Waals surface area contributed by atoms with Gasteiger partial charge in [0.2, 0.25) is 0 Å². The minimum atomic E-state index is 0.585. The van der Waals surface area contributed by atoms with Gasteiger partial charge in [0.05, 0.1) is 0 Å². The standard InChI is InChI=1S/C11H14BrN3/c1-7(2)4-10-13-11-6-8(3)5-9(12)15(11)14-10/h5-7H,4H2,1-3H3. The molecule has 0 N–H and O–H groups in total. The third-order valence-corrected chi connectivity index (χ3v) is 2.74. The molecule has 2 rings (SSSR count). The second-order valence-corrected chi connectivity index (χ2v) is 5.06. The van der Waals surface area contributed by atoms with Crippen molar-refractivity contribution in [1.29, 1.82) is 0 Å². The van der Waals surface area contributed by atoms with E-state index in [0.717, 1.165) is 22.5 Å². The van der Waals surface area contributed by atoms with Crippen LogP contribution in [-0.4, -0.2) is 14.6 Å². The van der Waals surface area contributed by atoms with Gasteiger partial charge in [0, 0.05) is 6.42 Å². The fourth-order valence-corrected chi connectivity index (χ4v) is 2.19. The van der Waals surface area contributed by atoms with Crippen LogP contribution in [0.2, 0.25) is 0 Å². The van der Waals surface area contributed by atoms with Gasteiger partial charge in [0.1, 0.15) is 4.60 Å². The molecule has 4 heteroatoms. The van der Waals surface area contributed by atoms with E-state index >= 15 is 0 Å². The van der Waals surface area contributed by atoms with Crippen molar-refractivity contribution in [2.45, 2.75) is 27.2 Å². The number of aryl methyl sites for hydroxylation is 1. The number of rotatable bonds is 2. The van der Waals surface area contributed by atoms with Crippen LogP contribution in [-0.2, 0) is 6.42 Å². The van der Waals surface area contributed by atoms with Crippen LogP contribution in [0.15, 0.2) is 16.7 Å². The average Bonchev–Trinajstić information content (AvgIpc) is 2.45. The highest BCUT2D eigenvalue weighted by Crippen LogP contribution is 2.16. The minimum Gasteiger partial charge on any atom is -0.212 e. The fraction of sp³-hybridized carbons (Fsp3) is 0.455. The van der Waals surface area contributed by atoms with Gasteiger partial charge in [-0.2, -0.15) is 5.10 Å². The summed E-state index contributed by atoms with van der Waals surface area (Å²) >= 11 is 3.49. The Kier molecular flexibility index (Phi) is 2.78. The van der Waals surface area contributed by atoms with Crippen LogP contribution >= 0.6 is 15.9 Å². The summed E-state index contributed by atoms with van der Waals surface area (Å²) < 4.78 is 2.80. The monoisotopic (exact) mass is 267 g/mol. The smallest absolute Gasteiger partial charge is 0.157 e. The Morgan fingerprint density at radius 2 is 2.13 bits per heavy atom. The van der Waals surface area contributed by atoms with Crippen LogP contribution in [0.1, 0.15) is 25.2 Å². The largest absolute Gasteiger partial charge is 0.212 e. The predicted molar refractivity (Wildman–Crippen MR) is 64.0 cm³/mol. The summed E-state index contributed by atoms with van der Waals surface area (Å²) in [5, 5.41) is 4.45. The number of pyridine rings is 1. The van der Waals surface area contributed by atoms with Crippen LogP contribution in [0.4, 0.5) is 0 Å². The number of aromatic nitrogens is 3. The third kappa shape index (κ3) is 2.20. The maximum absolute atomic E-state index is 4.50. The van der Waals surface area contributed by atoms with Crippen molar-refractivity contribution < 1.29 is 0 Å². The van der Waals surface area contributed by atoms with Crippen LogP contribution in [0.5, 0.6) is 0 Å². The maximum atomic E-state index is 4.50. The maximum Gasteiger partial charge on any atom is 0.157 e. The predicted octanol–water partition coefficient (Wildman–Crippen LogP) is 3.00. The lowest BCUT2D eigenvalue weighted by molar-refractivity contribution is 0.619. The zero-order chi connectivity index (χ0) is 11.0. The molecule has 0 aliphatic carbocycles. The summed E-state index contributed by atoms with van der Waals surface area (Å²) in [5.41, 5.74) is 2.11. The summed E-state index contributed by atoms with van der Waals surface area (Å²) in [6.07, 6.45) is 0.924. The van der Waals surface area contributed by atoms with E-state index in [0.29, 0.717) is 5.92 Å². The zero-order valence-corrected chi connectivity index (χ0v) is 10.7. The molecule has 2 aromatic rings. The van der Waals surface area contributed by atoms with Crippen LogP contribution in [0.25, 0.3) is 5.65 Å². The molecule has 2 aromatic heterocycles. The van der Waals surface area contributed by atoms with Gasteiger partial charge >= 0.3 is 0 Å². The first-order valence-electron chi connectivity index (χ1n) is 5.08. The van der Waals surface area contributed by atoms with Gasteiger partial charge in [-0.3, -0.25) is 0 Å².